The summed E-state index contributed by atoms with van der Waals surface area (Å²) >= 11 is 0. The van der Waals surface area contributed by atoms with Crippen molar-refractivity contribution in [2.24, 2.45) is 0 Å². The standard InChI is InChI=1S/C29H39N3O4/c1-29(2)19-35-18-21-8-6-11-24(25(21)29)26(28(33)34)32-16-23(17-32)36-15-5-3-4-10-22-13-12-20-9-7-14-30-27(20)31-22/h6,8,11-13,23,26H,3-5,7,9-10,14-19H2,1-2H3,(H,30,31)(H,33,34). The normalized spacial score (nSPS) is 20.1. The fraction of sp³-hybridized carbons (Fsp3) is 0.586. The molecular formula is C29H39N3O4. The monoisotopic (exact) mass is 493 g/mol. The molecule has 194 valence electrons. The maximum absolute atomic E-state index is 12.3. The average molecular weight is 494 g/mol. The van der Waals surface area contributed by atoms with Gasteiger partial charge in [-0.1, -0.05) is 44.5 Å². The lowest BCUT2D eigenvalue weighted by molar-refractivity contribution is -0.151. The number of rotatable bonds is 10. The third-order valence-electron chi connectivity index (χ3n) is 7.73. The molecular weight excluding hydrogens is 454 g/mol. The molecule has 0 bridgehead atoms. The largest absolute Gasteiger partial charge is 0.480 e. The van der Waals surface area contributed by atoms with Gasteiger partial charge in [0, 0.05) is 37.4 Å². The molecule has 0 amide bonds. The molecule has 2 aromatic rings. The van der Waals surface area contributed by atoms with Crippen LogP contribution in [0.5, 0.6) is 0 Å². The van der Waals surface area contributed by atoms with Crippen molar-refractivity contribution in [3.63, 3.8) is 0 Å². The van der Waals surface area contributed by atoms with Crippen LogP contribution in [0.15, 0.2) is 30.3 Å². The summed E-state index contributed by atoms with van der Waals surface area (Å²) in [6, 6.07) is 9.74. The van der Waals surface area contributed by atoms with Crippen LogP contribution in [-0.2, 0) is 39.1 Å². The minimum absolute atomic E-state index is 0.108. The van der Waals surface area contributed by atoms with Gasteiger partial charge in [-0.3, -0.25) is 9.69 Å². The highest BCUT2D eigenvalue weighted by Gasteiger charge is 2.41. The highest BCUT2D eigenvalue weighted by molar-refractivity contribution is 5.77. The smallest absolute Gasteiger partial charge is 0.325 e. The van der Waals surface area contributed by atoms with E-state index < -0.39 is 12.0 Å². The first kappa shape index (κ1) is 25.2. The zero-order valence-corrected chi connectivity index (χ0v) is 21.6. The van der Waals surface area contributed by atoms with Crippen molar-refractivity contribution in [2.75, 3.05) is 38.2 Å². The van der Waals surface area contributed by atoms with Crippen molar-refractivity contribution >= 4 is 11.8 Å². The summed E-state index contributed by atoms with van der Waals surface area (Å²) in [6.45, 7) is 8.47. The summed E-state index contributed by atoms with van der Waals surface area (Å²) in [5, 5.41) is 13.5. The van der Waals surface area contributed by atoms with E-state index in [1.54, 1.807) is 0 Å². The van der Waals surface area contributed by atoms with E-state index in [4.69, 9.17) is 14.5 Å². The summed E-state index contributed by atoms with van der Waals surface area (Å²) in [7, 11) is 0. The Labute approximate surface area is 214 Å². The van der Waals surface area contributed by atoms with Gasteiger partial charge < -0.3 is 19.9 Å². The number of ether oxygens (including phenoxy) is 2. The van der Waals surface area contributed by atoms with E-state index in [1.807, 2.05) is 17.0 Å². The molecule has 1 unspecified atom stereocenters. The van der Waals surface area contributed by atoms with Crippen LogP contribution in [-0.4, -0.2) is 59.9 Å². The molecule has 3 aliphatic rings. The summed E-state index contributed by atoms with van der Waals surface area (Å²) in [5.74, 6) is 0.277. The van der Waals surface area contributed by atoms with Crippen LogP contribution < -0.4 is 5.32 Å². The van der Waals surface area contributed by atoms with Gasteiger partial charge in [0.25, 0.3) is 0 Å². The lowest BCUT2D eigenvalue weighted by Gasteiger charge is -2.44. The molecule has 3 aliphatic heterocycles. The molecule has 36 heavy (non-hydrogen) atoms. The fourth-order valence-electron chi connectivity index (χ4n) is 5.90. The topological polar surface area (TPSA) is 83.9 Å². The van der Waals surface area contributed by atoms with Crippen molar-refractivity contribution in [1.29, 1.82) is 0 Å². The number of nitrogens with zero attached hydrogens (tertiary/aromatic N) is 2. The number of aromatic nitrogens is 1. The number of anilines is 1. The number of benzene rings is 1. The van der Waals surface area contributed by atoms with Crippen molar-refractivity contribution in [2.45, 2.75) is 76.5 Å². The molecule has 1 aromatic carbocycles. The Morgan fingerprint density at radius 3 is 2.92 bits per heavy atom. The number of pyridine rings is 1. The number of carboxylic acids is 1. The second kappa shape index (κ2) is 10.9. The van der Waals surface area contributed by atoms with Gasteiger partial charge in [-0.15, -0.1) is 0 Å². The van der Waals surface area contributed by atoms with Crippen molar-refractivity contribution in [1.82, 2.24) is 9.88 Å². The van der Waals surface area contributed by atoms with E-state index in [1.165, 1.54) is 12.0 Å². The lowest BCUT2D eigenvalue weighted by atomic mass is 9.76. The Bertz CT molecular complexity index is 1080. The predicted molar refractivity (Wildman–Crippen MR) is 139 cm³/mol. The van der Waals surface area contributed by atoms with Gasteiger partial charge in [0.2, 0.25) is 0 Å². The Morgan fingerprint density at radius 2 is 2.08 bits per heavy atom. The summed E-state index contributed by atoms with van der Waals surface area (Å²) < 4.78 is 11.8. The van der Waals surface area contributed by atoms with Gasteiger partial charge in [-0.2, -0.15) is 0 Å². The minimum Gasteiger partial charge on any atom is -0.480 e. The maximum atomic E-state index is 12.3. The summed E-state index contributed by atoms with van der Waals surface area (Å²) in [4.78, 5) is 19.2. The first-order chi connectivity index (χ1) is 17.4. The predicted octanol–water partition coefficient (Wildman–Crippen LogP) is 4.49. The first-order valence-corrected chi connectivity index (χ1v) is 13.4. The van der Waals surface area contributed by atoms with Crippen LogP contribution in [0.3, 0.4) is 0 Å². The third-order valence-corrected chi connectivity index (χ3v) is 7.73. The highest BCUT2D eigenvalue weighted by atomic mass is 16.5. The number of likely N-dealkylation sites (tertiary alicyclic amines) is 1. The Balaban J connectivity index is 1.07. The molecule has 0 spiro atoms. The molecule has 7 heteroatoms. The second-order valence-corrected chi connectivity index (χ2v) is 11.1. The SMILES string of the molecule is CC1(C)COCc2cccc(C(C(=O)O)N3CC(OCCCCCc4ccc5c(n4)NCCC5)C3)c21. The molecule has 0 radical (unpaired) electrons. The van der Waals surface area contributed by atoms with Crippen molar-refractivity contribution in [3.05, 3.63) is 58.3 Å². The van der Waals surface area contributed by atoms with Crippen LogP contribution in [0, 0.1) is 0 Å². The number of aliphatic carboxylic acids is 1. The van der Waals surface area contributed by atoms with E-state index in [-0.39, 0.29) is 11.5 Å². The quantitative estimate of drug-likeness (QED) is 0.472. The Hall–Kier alpha value is -2.48. The number of carbonyl (C=O) groups is 1. The molecule has 7 nitrogen and oxygen atoms in total. The van der Waals surface area contributed by atoms with Gasteiger partial charge >= 0.3 is 5.97 Å². The van der Waals surface area contributed by atoms with Gasteiger partial charge in [-0.05, 0) is 60.4 Å². The molecule has 4 heterocycles. The zero-order chi connectivity index (χ0) is 25.1. The number of hydrogen-bond donors (Lipinski definition) is 2. The first-order valence-electron chi connectivity index (χ1n) is 13.4. The molecule has 1 aromatic heterocycles. The van der Waals surface area contributed by atoms with E-state index in [9.17, 15) is 9.90 Å². The van der Waals surface area contributed by atoms with E-state index in [2.05, 4.69) is 37.4 Å². The van der Waals surface area contributed by atoms with Crippen LogP contribution in [0.2, 0.25) is 0 Å². The molecule has 0 saturated carbocycles. The Morgan fingerprint density at radius 1 is 1.22 bits per heavy atom. The number of aryl methyl sites for hydroxylation is 2. The van der Waals surface area contributed by atoms with Gasteiger partial charge in [0.05, 0.1) is 19.3 Å². The summed E-state index contributed by atoms with van der Waals surface area (Å²) in [5.41, 5.74) is 5.43. The summed E-state index contributed by atoms with van der Waals surface area (Å²) in [6.07, 6.45) is 6.64. The second-order valence-electron chi connectivity index (χ2n) is 11.1. The Kier molecular flexibility index (Phi) is 7.60. The molecule has 1 atom stereocenters. The zero-order valence-electron chi connectivity index (χ0n) is 21.6. The number of nitrogens with one attached hydrogen (secondary N) is 1. The number of hydrogen-bond acceptors (Lipinski definition) is 6. The van der Waals surface area contributed by atoms with E-state index in [0.29, 0.717) is 26.3 Å². The number of fused-ring (bicyclic) bond motifs is 2. The highest BCUT2D eigenvalue weighted by Crippen LogP contribution is 2.40. The van der Waals surface area contributed by atoms with Crippen molar-refractivity contribution in [3.8, 4) is 0 Å². The lowest BCUT2D eigenvalue weighted by Crippen LogP contribution is -2.55. The van der Waals surface area contributed by atoms with Crippen LogP contribution in [0.25, 0.3) is 0 Å². The maximum Gasteiger partial charge on any atom is 0.325 e. The van der Waals surface area contributed by atoms with Crippen LogP contribution in [0.1, 0.15) is 73.5 Å². The van der Waals surface area contributed by atoms with Gasteiger partial charge in [-0.25, -0.2) is 4.98 Å². The number of unbranched alkanes of at least 4 members (excludes halogenated alkanes) is 2. The molecule has 1 fully saturated rings. The van der Waals surface area contributed by atoms with Gasteiger partial charge in [0.15, 0.2) is 0 Å². The van der Waals surface area contributed by atoms with Crippen LogP contribution >= 0.6 is 0 Å². The average Bonchev–Trinajstić information content (AvgIpc) is 2.83. The molecule has 5 rings (SSSR count). The van der Waals surface area contributed by atoms with Crippen molar-refractivity contribution < 1.29 is 19.4 Å². The molecule has 1 saturated heterocycles. The van der Waals surface area contributed by atoms with E-state index >= 15 is 0 Å². The van der Waals surface area contributed by atoms with E-state index in [0.717, 1.165) is 73.5 Å². The number of carboxylic acid groups (broad SMARTS) is 1. The third kappa shape index (κ3) is 5.43. The van der Waals surface area contributed by atoms with Gasteiger partial charge in [0.1, 0.15) is 11.9 Å². The molecule has 0 aliphatic carbocycles. The fourth-order valence-corrected chi connectivity index (χ4v) is 5.90. The minimum atomic E-state index is -0.796. The molecule has 2 N–H and O–H groups in total. The van der Waals surface area contributed by atoms with Crippen LogP contribution in [0.4, 0.5) is 5.82 Å².